The second-order valence-corrected chi connectivity index (χ2v) is 2.91. The summed E-state index contributed by atoms with van der Waals surface area (Å²) in [6.45, 7) is 4.25. The van der Waals surface area contributed by atoms with Gasteiger partial charge in [-0.1, -0.05) is 0 Å². The fourth-order valence-electron chi connectivity index (χ4n) is 1.30. The van der Waals surface area contributed by atoms with Crippen LogP contribution in [0.5, 0.6) is 0 Å². The van der Waals surface area contributed by atoms with Gasteiger partial charge in [0.25, 0.3) is 0 Å². The predicted molar refractivity (Wildman–Crippen MR) is 44.3 cm³/mol. The van der Waals surface area contributed by atoms with E-state index in [0.717, 1.165) is 13.1 Å². The zero-order chi connectivity index (χ0) is 8.27. The minimum Gasteiger partial charge on any atom is -0.437 e. The topological polar surface area (TPSA) is 55.7 Å². The molecular weight excluding hydrogens is 143 g/mol. The van der Waals surface area contributed by atoms with Gasteiger partial charge in [0.2, 0.25) is 0 Å². The lowest BCUT2D eigenvalue weighted by molar-refractivity contribution is 0.174. The molecule has 0 aliphatic carbocycles. The molecule has 0 amide bonds. The lowest BCUT2D eigenvalue weighted by atomic mass is 9.82. The number of nitrogens with one attached hydrogen (secondary N) is 1. The van der Waals surface area contributed by atoms with Gasteiger partial charge in [0.15, 0.2) is 0 Å². The molecule has 64 valence electrons. The molecule has 0 aromatic carbocycles. The highest BCUT2D eigenvalue weighted by molar-refractivity contribution is 6.45. The van der Waals surface area contributed by atoms with E-state index in [1.807, 2.05) is 4.81 Å². The average Bonchev–Trinajstić information content (AvgIpc) is 1.82. The molecule has 11 heavy (non-hydrogen) atoms. The summed E-state index contributed by atoms with van der Waals surface area (Å²) in [4.78, 5) is 1.90. The smallest absolute Gasteiger partial charge is 0.376 e. The van der Waals surface area contributed by atoms with Crippen molar-refractivity contribution in [3.8, 4) is 0 Å². The van der Waals surface area contributed by atoms with E-state index < -0.39 is 7.05 Å². The number of rotatable bonds is 4. The average molecular weight is 158 g/mol. The number of aliphatic hydroxyl groups excluding tert-OH is 1. The molecule has 5 heteroatoms. The lowest BCUT2D eigenvalue weighted by Gasteiger charge is -2.38. The van der Waals surface area contributed by atoms with Crippen molar-refractivity contribution in [2.45, 2.75) is 12.9 Å². The van der Waals surface area contributed by atoms with Crippen molar-refractivity contribution < 1.29 is 10.1 Å². The van der Waals surface area contributed by atoms with E-state index in [4.69, 9.17) is 5.11 Å². The zero-order valence-corrected chi connectivity index (χ0v) is 6.82. The van der Waals surface area contributed by atoms with Gasteiger partial charge in [-0.2, -0.15) is 0 Å². The van der Waals surface area contributed by atoms with E-state index in [0.29, 0.717) is 12.6 Å². The van der Waals surface area contributed by atoms with Crippen molar-refractivity contribution in [2.75, 3.05) is 26.2 Å². The molecule has 0 aromatic rings. The van der Waals surface area contributed by atoms with Gasteiger partial charge in [-0.25, -0.2) is 0 Å². The monoisotopic (exact) mass is 158 g/mol. The van der Waals surface area contributed by atoms with Crippen LogP contribution in [-0.4, -0.2) is 54.3 Å². The quantitative estimate of drug-likeness (QED) is 0.429. The van der Waals surface area contributed by atoms with Crippen molar-refractivity contribution in [2.24, 2.45) is 0 Å². The number of hydrogen-bond acceptors (Lipinski definition) is 4. The van der Waals surface area contributed by atoms with E-state index in [-0.39, 0.29) is 6.61 Å². The lowest BCUT2D eigenvalue weighted by Crippen LogP contribution is -2.61. The summed E-state index contributed by atoms with van der Waals surface area (Å²) in [6.07, 6.45) is 0. The molecule has 0 saturated carbocycles. The highest BCUT2D eigenvalue weighted by atomic mass is 16.3. The maximum Gasteiger partial charge on any atom is 0.376 e. The van der Waals surface area contributed by atoms with Crippen molar-refractivity contribution in [3.05, 3.63) is 0 Å². The van der Waals surface area contributed by atoms with Crippen LogP contribution in [0, 0.1) is 0 Å². The third-order valence-electron chi connectivity index (χ3n) is 2.07. The van der Waals surface area contributed by atoms with Crippen LogP contribution in [0.1, 0.15) is 0 Å². The number of aliphatic hydroxyl groups is 1. The normalized spacial score (nSPS) is 18.5. The Bertz CT molecular complexity index is 119. The molecule has 0 atom stereocenters. The van der Waals surface area contributed by atoms with Crippen LogP contribution in [-0.2, 0) is 0 Å². The van der Waals surface area contributed by atoms with Gasteiger partial charge < -0.3 is 20.3 Å². The Morgan fingerprint density at radius 3 is 2.55 bits per heavy atom. The van der Waals surface area contributed by atoms with Gasteiger partial charge in [0, 0.05) is 25.7 Å². The molecule has 0 aromatic heterocycles. The third kappa shape index (κ3) is 2.17. The SMILES string of the molecule is CB(O)N(CCO)C1CNC1. The van der Waals surface area contributed by atoms with E-state index in [2.05, 4.69) is 5.32 Å². The minimum absolute atomic E-state index is 0.113. The van der Waals surface area contributed by atoms with Gasteiger partial charge in [-0.15, -0.1) is 0 Å². The van der Waals surface area contributed by atoms with Crippen LogP contribution in [0.4, 0.5) is 0 Å². The molecule has 0 radical (unpaired) electrons. The van der Waals surface area contributed by atoms with Crippen molar-refractivity contribution in [1.82, 2.24) is 10.1 Å². The summed E-state index contributed by atoms with van der Waals surface area (Å²) in [7, 11) is -0.450. The van der Waals surface area contributed by atoms with E-state index in [1.165, 1.54) is 0 Å². The molecule has 3 N–H and O–H groups in total. The van der Waals surface area contributed by atoms with Crippen molar-refractivity contribution >= 4 is 7.05 Å². The second kappa shape index (κ2) is 4.06. The van der Waals surface area contributed by atoms with E-state index >= 15 is 0 Å². The largest absolute Gasteiger partial charge is 0.437 e. The van der Waals surface area contributed by atoms with Crippen LogP contribution in [0.25, 0.3) is 0 Å². The molecule has 1 fully saturated rings. The highest BCUT2D eigenvalue weighted by Crippen LogP contribution is 2.05. The van der Waals surface area contributed by atoms with Gasteiger partial charge in [-0.05, 0) is 6.82 Å². The standard InChI is InChI=1S/C6H15BN2O2/c1-7(11)9(2-3-10)6-4-8-5-6/h6,8,10-11H,2-5H2,1H3. The summed E-state index contributed by atoms with van der Waals surface area (Å²) >= 11 is 0. The summed E-state index contributed by atoms with van der Waals surface area (Å²) in [5.41, 5.74) is 0. The summed E-state index contributed by atoms with van der Waals surface area (Å²) in [5, 5.41) is 21.1. The zero-order valence-electron chi connectivity index (χ0n) is 6.82. The molecule has 0 unspecified atom stereocenters. The summed E-state index contributed by atoms with van der Waals surface area (Å²) in [5.74, 6) is 0. The number of hydrogen-bond donors (Lipinski definition) is 3. The molecule has 1 aliphatic rings. The Morgan fingerprint density at radius 2 is 2.27 bits per heavy atom. The highest BCUT2D eigenvalue weighted by Gasteiger charge is 2.28. The molecule has 1 heterocycles. The minimum atomic E-state index is -0.450. The first-order chi connectivity index (χ1) is 5.25. The first-order valence-electron chi connectivity index (χ1n) is 4.01. The molecular formula is C6H15BN2O2. The van der Waals surface area contributed by atoms with Gasteiger partial charge in [-0.3, -0.25) is 0 Å². The predicted octanol–water partition coefficient (Wildman–Crippen LogP) is -1.64. The van der Waals surface area contributed by atoms with Crippen LogP contribution in [0.3, 0.4) is 0 Å². The van der Waals surface area contributed by atoms with Crippen LogP contribution in [0.2, 0.25) is 6.82 Å². The molecule has 0 spiro atoms. The Balaban J connectivity index is 2.31. The molecule has 1 saturated heterocycles. The molecule has 1 aliphatic heterocycles. The molecule has 0 bridgehead atoms. The fraction of sp³-hybridized carbons (Fsp3) is 1.00. The fourth-order valence-corrected chi connectivity index (χ4v) is 1.30. The van der Waals surface area contributed by atoms with Crippen LogP contribution < -0.4 is 5.32 Å². The Morgan fingerprint density at radius 1 is 1.64 bits per heavy atom. The van der Waals surface area contributed by atoms with E-state index in [1.54, 1.807) is 6.82 Å². The Hall–Kier alpha value is -0.0951. The van der Waals surface area contributed by atoms with Crippen molar-refractivity contribution in [3.63, 3.8) is 0 Å². The first-order valence-corrected chi connectivity index (χ1v) is 4.01. The van der Waals surface area contributed by atoms with Gasteiger partial charge in [0.05, 0.1) is 6.61 Å². The Labute approximate surface area is 67.3 Å². The van der Waals surface area contributed by atoms with E-state index in [9.17, 15) is 5.02 Å². The third-order valence-corrected chi connectivity index (χ3v) is 2.07. The van der Waals surface area contributed by atoms with Gasteiger partial charge >= 0.3 is 7.05 Å². The van der Waals surface area contributed by atoms with Crippen LogP contribution in [0.15, 0.2) is 0 Å². The Kier molecular flexibility index (Phi) is 3.32. The first kappa shape index (κ1) is 9.00. The number of nitrogens with zero attached hydrogens (tertiary/aromatic N) is 1. The van der Waals surface area contributed by atoms with Crippen molar-refractivity contribution in [1.29, 1.82) is 0 Å². The summed E-state index contributed by atoms with van der Waals surface area (Å²) in [6, 6.07) is 0.405. The second-order valence-electron chi connectivity index (χ2n) is 2.91. The maximum atomic E-state index is 9.27. The van der Waals surface area contributed by atoms with Gasteiger partial charge in [0.1, 0.15) is 0 Å². The molecule has 1 rings (SSSR count). The summed E-state index contributed by atoms with van der Waals surface area (Å²) < 4.78 is 0. The van der Waals surface area contributed by atoms with Crippen LogP contribution >= 0.6 is 0 Å². The molecule has 4 nitrogen and oxygen atoms in total. The maximum absolute atomic E-state index is 9.27.